The van der Waals surface area contributed by atoms with Crippen LogP contribution >= 0.6 is 12.4 Å². The van der Waals surface area contributed by atoms with Gasteiger partial charge in [0.1, 0.15) is 0 Å². The molecular weight excluding hydrogens is 232 g/mol. The van der Waals surface area contributed by atoms with Crippen molar-refractivity contribution in [2.24, 2.45) is 11.8 Å². The van der Waals surface area contributed by atoms with E-state index in [9.17, 15) is 0 Å². The third-order valence-electron chi connectivity index (χ3n) is 4.61. The summed E-state index contributed by atoms with van der Waals surface area (Å²) >= 11 is 0. The SMILES string of the molecule is CC1CCC(CN(C)C2CCNCC2)CC1.Cl. The van der Waals surface area contributed by atoms with E-state index in [1.807, 2.05) is 0 Å². The molecule has 1 aliphatic heterocycles. The molecule has 1 heterocycles. The molecule has 0 aromatic heterocycles. The fraction of sp³-hybridized carbons (Fsp3) is 1.00. The van der Waals surface area contributed by atoms with E-state index < -0.39 is 0 Å². The highest BCUT2D eigenvalue weighted by Crippen LogP contribution is 2.29. The lowest BCUT2D eigenvalue weighted by Crippen LogP contribution is -2.43. The highest BCUT2D eigenvalue weighted by atomic mass is 35.5. The van der Waals surface area contributed by atoms with Crippen molar-refractivity contribution in [2.45, 2.75) is 51.5 Å². The summed E-state index contributed by atoms with van der Waals surface area (Å²) in [6, 6.07) is 0.848. The standard InChI is InChI=1S/C14H28N2.ClH/c1-12-3-5-13(6-4-12)11-16(2)14-7-9-15-10-8-14;/h12-15H,3-11H2,1-2H3;1H. The molecule has 2 nitrogen and oxygen atoms in total. The molecule has 0 unspecified atom stereocenters. The van der Waals surface area contributed by atoms with Gasteiger partial charge in [0.15, 0.2) is 0 Å². The number of rotatable bonds is 3. The first-order valence-electron chi connectivity index (χ1n) is 7.16. The Hall–Kier alpha value is 0.210. The molecule has 2 aliphatic rings. The lowest BCUT2D eigenvalue weighted by atomic mass is 9.82. The van der Waals surface area contributed by atoms with Crippen LogP contribution in [0.15, 0.2) is 0 Å². The number of nitrogens with one attached hydrogen (secondary N) is 1. The molecule has 1 saturated carbocycles. The number of nitrogens with zero attached hydrogens (tertiary/aromatic N) is 1. The number of piperidine rings is 1. The molecule has 3 heteroatoms. The van der Waals surface area contributed by atoms with Gasteiger partial charge >= 0.3 is 0 Å². The Kier molecular flexibility index (Phi) is 6.83. The smallest absolute Gasteiger partial charge is 0.0116 e. The van der Waals surface area contributed by atoms with E-state index in [0.29, 0.717) is 0 Å². The maximum atomic E-state index is 3.45. The van der Waals surface area contributed by atoms with Gasteiger partial charge in [-0.15, -0.1) is 12.4 Å². The summed E-state index contributed by atoms with van der Waals surface area (Å²) in [6.45, 7) is 6.19. The molecule has 0 radical (unpaired) electrons. The van der Waals surface area contributed by atoms with Gasteiger partial charge in [0, 0.05) is 12.6 Å². The van der Waals surface area contributed by atoms with Crippen LogP contribution in [-0.2, 0) is 0 Å². The van der Waals surface area contributed by atoms with Gasteiger partial charge in [-0.2, -0.15) is 0 Å². The molecule has 2 fully saturated rings. The van der Waals surface area contributed by atoms with E-state index in [-0.39, 0.29) is 12.4 Å². The Bertz CT molecular complexity index is 196. The monoisotopic (exact) mass is 260 g/mol. The van der Waals surface area contributed by atoms with Crippen LogP contribution in [0.1, 0.15) is 45.4 Å². The lowest BCUT2D eigenvalue weighted by molar-refractivity contribution is 0.147. The van der Waals surface area contributed by atoms with Crippen LogP contribution in [0, 0.1) is 11.8 Å². The highest BCUT2D eigenvalue weighted by molar-refractivity contribution is 5.85. The fourth-order valence-corrected chi connectivity index (χ4v) is 3.32. The third-order valence-corrected chi connectivity index (χ3v) is 4.61. The second kappa shape index (κ2) is 7.60. The topological polar surface area (TPSA) is 15.3 Å². The van der Waals surface area contributed by atoms with Gasteiger partial charge in [0.2, 0.25) is 0 Å². The molecule has 0 atom stereocenters. The van der Waals surface area contributed by atoms with Gasteiger partial charge in [-0.25, -0.2) is 0 Å². The molecule has 0 bridgehead atoms. The zero-order valence-corrected chi connectivity index (χ0v) is 12.3. The molecule has 102 valence electrons. The van der Waals surface area contributed by atoms with Gasteiger partial charge in [-0.3, -0.25) is 0 Å². The molecule has 1 aliphatic carbocycles. The van der Waals surface area contributed by atoms with E-state index in [0.717, 1.165) is 17.9 Å². The molecule has 0 aromatic carbocycles. The Balaban J connectivity index is 0.00000144. The zero-order valence-electron chi connectivity index (χ0n) is 11.5. The van der Waals surface area contributed by atoms with Crippen molar-refractivity contribution in [1.29, 1.82) is 0 Å². The highest BCUT2D eigenvalue weighted by Gasteiger charge is 2.23. The maximum absolute atomic E-state index is 3.45. The third kappa shape index (κ3) is 4.76. The molecule has 1 N–H and O–H groups in total. The van der Waals surface area contributed by atoms with Crippen LogP contribution in [0.3, 0.4) is 0 Å². The molecule has 1 saturated heterocycles. The Morgan fingerprint density at radius 3 is 2.18 bits per heavy atom. The van der Waals surface area contributed by atoms with Crippen LogP contribution in [-0.4, -0.2) is 37.6 Å². The first-order chi connectivity index (χ1) is 7.75. The molecule has 17 heavy (non-hydrogen) atoms. The summed E-state index contributed by atoms with van der Waals surface area (Å²) in [4.78, 5) is 2.64. The lowest BCUT2D eigenvalue weighted by Gasteiger charge is -2.36. The predicted molar refractivity (Wildman–Crippen MR) is 76.9 cm³/mol. The van der Waals surface area contributed by atoms with Crippen molar-refractivity contribution in [3.63, 3.8) is 0 Å². The molecule has 0 spiro atoms. The zero-order chi connectivity index (χ0) is 11.4. The summed E-state index contributed by atoms with van der Waals surface area (Å²) in [6.07, 6.45) is 8.56. The van der Waals surface area contributed by atoms with E-state index in [1.54, 1.807) is 0 Å². The quantitative estimate of drug-likeness (QED) is 0.840. The summed E-state index contributed by atoms with van der Waals surface area (Å²) in [5.74, 6) is 1.97. The van der Waals surface area contributed by atoms with Crippen LogP contribution in [0.5, 0.6) is 0 Å². The predicted octanol–water partition coefficient (Wildman–Crippen LogP) is 2.92. The second-order valence-corrected chi connectivity index (χ2v) is 6.05. The van der Waals surface area contributed by atoms with Crippen molar-refractivity contribution in [3.05, 3.63) is 0 Å². The van der Waals surface area contributed by atoms with Crippen molar-refractivity contribution in [3.8, 4) is 0 Å². The minimum atomic E-state index is 0. The molecular formula is C14H29ClN2. The summed E-state index contributed by atoms with van der Waals surface area (Å²) < 4.78 is 0. The van der Waals surface area contributed by atoms with Gasteiger partial charge in [-0.1, -0.05) is 19.8 Å². The van der Waals surface area contributed by atoms with Gasteiger partial charge in [0.25, 0.3) is 0 Å². The molecule has 0 amide bonds. The van der Waals surface area contributed by atoms with Gasteiger partial charge in [0.05, 0.1) is 0 Å². The summed E-state index contributed by atoms with van der Waals surface area (Å²) in [5, 5.41) is 3.45. The average molecular weight is 261 g/mol. The van der Waals surface area contributed by atoms with Gasteiger partial charge in [-0.05, 0) is 57.7 Å². The van der Waals surface area contributed by atoms with Crippen molar-refractivity contribution >= 4 is 12.4 Å². The first-order valence-corrected chi connectivity index (χ1v) is 7.16. The largest absolute Gasteiger partial charge is 0.317 e. The minimum Gasteiger partial charge on any atom is -0.317 e. The van der Waals surface area contributed by atoms with E-state index in [1.165, 1.54) is 58.2 Å². The average Bonchev–Trinajstić information content (AvgIpc) is 2.33. The first kappa shape index (κ1) is 15.3. The van der Waals surface area contributed by atoms with E-state index in [2.05, 4.69) is 24.2 Å². The Morgan fingerprint density at radius 1 is 1.00 bits per heavy atom. The van der Waals surface area contributed by atoms with Crippen LogP contribution in [0.4, 0.5) is 0 Å². The minimum absolute atomic E-state index is 0. The number of hydrogen-bond donors (Lipinski definition) is 1. The van der Waals surface area contributed by atoms with Crippen LogP contribution < -0.4 is 5.32 Å². The van der Waals surface area contributed by atoms with Crippen LogP contribution in [0.2, 0.25) is 0 Å². The number of halogens is 1. The molecule has 0 aromatic rings. The Morgan fingerprint density at radius 2 is 1.59 bits per heavy atom. The normalized spacial score (nSPS) is 31.2. The van der Waals surface area contributed by atoms with Gasteiger partial charge < -0.3 is 10.2 Å². The van der Waals surface area contributed by atoms with Crippen LogP contribution in [0.25, 0.3) is 0 Å². The summed E-state index contributed by atoms with van der Waals surface area (Å²) in [7, 11) is 2.34. The molecule has 2 rings (SSSR count). The van der Waals surface area contributed by atoms with Crippen molar-refractivity contribution in [1.82, 2.24) is 10.2 Å². The number of hydrogen-bond acceptors (Lipinski definition) is 2. The maximum Gasteiger partial charge on any atom is 0.0116 e. The Labute approximate surface area is 113 Å². The van der Waals surface area contributed by atoms with E-state index in [4.69, 9.17) is 0 Å². The van der Waals surface area contributed by atoms with Crippen molar-refractivity contribution in [2.75, 3.05) is 26.7 Å². The second-order valence-electron chi connectivity index (χ2n) is 6.05. The van der Waals surface area contributed by atoms with E-state index >= 15 is 0 Å². The summed E-state index contributed by atoms with van der Waals surface area (Å²) in [5.41, 5.74) is 0. The van der Waals surface area contributed by atoms with Crippen molar-refractivity contribution < 1.29 is 0 Å². The fourth-order valence-electron chi connectivity index (χ4n) is 3.32.